The third-order valence-electron chi connectivity index (χ3n) is 3.91. The minimum atomic E-state index is 0.416. The van der Waals surface area contributed by atoms with Gasteiger partial charge in [0, 0.05) is 18.5 Å². The summed E-state index contributed by atoms with van der Waals surface area (Å²) in [5, 5.41) is 9.68. The van der Waals surface area contributed by atoms with Crippen molar-refractivity contribution in [3.63, 3.8) is 0 Å². The molecule has 26 heavy (non-hydrogen) atoms. The number of hydrogen-bond donors (Lipinski definition) is 0. The number of rotatable bonds is 9. The molecule has 0 unspecified atom stereocenters. The third-order valence-corrected chi connectivity index (χ3v) is 4.91. The van der Waals surface area contributed by atoms with Crippen LogP contribution in [0.4, 0.5) is 0 Å². The second-order valence-corrected chi connectivity index (χ2v) is 7.39. The molecule has 6 heteroatoms. The highest BCUT2D eigenvalue weighted by Gasteiger charge is 2.14. The highest BCUT2D eigenvalue weighted by Crippen LogP contribution is 2.23. The lowest BCUT2D eigenvalue weighted by Crippen LogP contribution is -2.10. The number of nitrogens with zero attached hydrogens (tertiary/aromatic N) is 4. The van der Waals surface area contributed by atoms with Crippen LogP contribution in [0, 0.1) is 5.92 Å². The first-order valence-corrected chi connectivity index (χ1v) is 9.83. The molecular formula is C20H24N4OS. The van der Waals surface area contributed by atoms with E-state index in [2.05, 4.69) is 33.6 Å². The molecule has 2 aromatic heterocycles. The first-order chi connectivity index (χ1) is 12.7. The van der Waals surface area contributed by atoms with Gasteiger partial charge in [-0.05, 0) is 36.6 Å². The molecule has 0 aliphatic rings. The predicted molar refractivity (Wildman–Crippen MR) is 104 cm³/mol. The summed E-state index contributed by atoms with van der Waals surface area (Å²) in [6.07, 6.45) is 2.89. The van der Waals surface area contributed by atoms with Gasteiger partial charge in [0.25, 0.3) is 0 Å². The Kier molecular flexibility index (Phi) is 6.66. The Morgan fingerprint density at radius 2 is 1.85 bits per heavy atom. The number of aromatic nitrogens is 4. The van der Waals surface area contributed by atoms with Crippen LogP contribution in [0.25, 0.3) is 0 Å². The molecule has 0 amide bonds. The molecule has 3 aromatic rings. The highest BCUT2D eigenvalue weighted by molar-refractivity contribution is 7.98. The Balaban J connectivity index is 1.70. The van der Waals surface area contributed by atoms with Crippen molar-refractivity contribution in [2.45, 2.75) is 44.3 Å². The van der Waals surface area contributed by atoms with Gasteiger partial charge in [0.15, 0.2) is 11.0 Å². The Bertz CT molecular complexity index is 729. The summed E-state index contributed by atoms with van der Waals surface area (Å²) in [7, 11) is 0. The molecule has 0 fully saturated rings. The molecule has 1 aromatic carbocycles. The van der Waals surface area contributed by atoms with E-state index in [4.69, 9.17) is 4.74 Å². The lowest BCUT2D eigenvalue weighted by Gasteiger charge is -2.12. The van der Waals surface area contributed by atoms with Crippen molar-refractivity contribution in [3.8, 4) is 5.75 Å². The zero-order chi connectivity index (χ0) is 18.2. The normalized spacial score (nSPS) is 11.0. The van der Waals surface area contributed by atoms with Crippen molar-refractivity contribution < 1.29 is 4.74 Å². The number of ether oxygens (including phenoxy) is 1. The molecule has 5 nitrogen and oxygen atoms in total. The van der Waals surface area contributed by atoms with Crippen LogP contribution in [-0.2, 0) is 18.9 Å². The molecule has 0 aliphatic heterocycles. The molecule has 0 N–H and O–H groups in total. The maximum Gasteiger partial charge on any atom is 0.191 e. The van der Waals surface area contributed by atoms with Crippen molar-refractivity contribution >= 4 is 11.8 Å². The smallest absolute Gasteiger partial charge is 0.191 e. The standard InChI is InChI=1S/C20H24N4OS/c1-16(2)11-13-24-19(14-25-18-9-4-3-5-10-18)22-23-20(24)26-15-17-8-6-7-12-21-17/h3-10,12,16H,11,13-15H2,1-2H3. The molecule has 136 valence electrons. The molecule has 0 spiro atoms. The summed E-state index contributed by atoms with van der Waals surface area (Å²) < 4.78 is 8.05. The molecule has 0 aliphatic carbocycles. The molecular weight excluding hydrogens is 344 g/mol. The van der Waals surface area contributed by atoms with E-state index in [0.717, 1.165) is 41.1 Å². The van der Waals surface area contributed by atoms with Crippen LogP contribution >= 0.6 is 11.8 Å². The van der Waals surface area contributed by atoms with E-state index in [-0.39, 0.29) is 0 Å². The van der Waals surface area contributed by atoms with E-state index in [9.17, 15) is 0 Å². The fraction of sp³-hybridized carbons (Fsp3) is 0.350. The minimum Gasteiger partial charge on any atom is -0.486 e. The van der Waals surface area contributed by atoms with E-state index in [0.29, 0.717) is 12.5 Å². The molecule has 3 rings (SSSR count). The van der Waals surface area contributed by atoms with E-state index in [1.54, 1.807) is 11.8 Å². The number of hydrogen-bond acceptors (Lipinski definition) is 5. The summed E-state index contributed by atoms with van der Waals surface area (Å²) in [5.74, 6) is 3.10. The molecule has 2 heterocycles. The number of pyridine rings is 1. The maximum absolute atomic E-state index is 5.87. The van der Waals surface area contributed by atoms with Gasteiger partial charge in [0.2, 0.25) is 0 Å². The topological polar surface area (TPSA) is 52.8 Å². The Morgan fingerprint density at radius 1 is 1.04 bits per heavy atom. The Hall–Kier alpha value is -2.34. The fourth-order valence-electron chi connectivity index (χ4n) is 2.43. The van der Waals surface area contributed by atoms with Crippen LogP contribution in [0.1, 0.15) is 31.8 Å². The quantitative estimate of drug-likeness (QED) is 0.517. The largest absolute Gasteiger partial charge is 0.486 e. The van der Waals surface area contributed by atoms with Gasteiger partial charge in [-0.25, -0.2) is 0 Å². The summed E-state index contributed by atoms with van der Waals surface area (Å²) in [4.78, 5) is 4.38. The van der Waals surface area contributed by atoms with Crippen molar-refractivity contribution in [1.29, 1.82) is 0 Å². The van der Waals surface area contributed by atoms with E-state index in [1.807, 2.05) is 54.7 Å². The van der Waals surface area contributed by atoms with Gasteiger partial charge in [-0.2, -0.15) is 0 Å². The number of benzene rings is 1. The molecule has 0 bridgehead atoms. The van der Waals surface area contributed by atoms with Crippen LogP contribution in [0.15, 0.2) is 59.9 Å². The molecule has 0 radical (unpaired) electrons. The lowest BCUT2D eigenvalue weighted by molar-refractivity contribution is 0.285. The van der Waals surface area contributed by atoms with E-state index in [1.165, 1.54) is 0 Å². The van der Waals surface area contributed by atoms with Crippen molar-refractivity contribution in [2.24, 2.45) is 5.92 Å². The highest BCUT2D eigenvalue weighted by atomic mass is 32.2. The lowest BCUT2D eigenvalue weighted by atomic mass is 10.1. The maximum atomic E-state index is 5.87. The van der Waals surface area contributed by atoms with Gasteiger partial charge >= 0.3 is 0 Å². The van der Waals surface area contributed by atoms with Gasteiger partial charge in [-0.15, -0.1) is 10.2 Å². The minimum absolute atomic E-state index is 0.416. The predicted octanol–water partition coefficient (Wildman–Crippen LogP) is 4.59. The van der Waals surface area contributed by atoms with Gasteiger partial charge in [0.05, 0.1) is 5.69 Å². The summed E-state index contributed by atoms with van der Waals surface area (Å²) >= 11 is 1.67. The Labute approximate surface area is 158 Å². The first kappa shape index (κ1) is 18.5. The summed E-state index contributed by atoms with van der Waals surface area (Å²) in [5.41, 5.74) is 1.04. The first-order valence-electron chi connectivity index (χ1n) is 8.85. The van der Waals surface area contributed by atoms with Crippen molar-refractivity contribution in [3.05, 3.63) is 66.2 Å². The second kappa shape index (κ2) is 9.38. The molecule has 0 atom stereocenters. The summed E-state index contributed by atoms with van der Waals surface area (Å²) in [6, 6.07) is 15.8. The zero-order valence-corrected chi connectivity index (χ0v) is 16.0. The van der Waals surface area contributed by atoms with Gasteiger partial charge in [-0.3, -0.25) is 4.98 Å². The van der Waals surface area contributed by atoms with Gasteiger partial charge in [-0.1, -0.05) is 49.9 Å². The average molecular weight is 369 g/mol. The van der Waals surface area contributed by atoms with E-state index >= 15 is 0 Å². The SMILES string of the molecule is CC(C)CCn1c(COc2ccccc2)nnc1SCc1ccccn1. The number of para-hydroxylation sites is 1. The second-order valence-electron chi connectivity index (χ2n) is 6.44. The monoisotopic (exact) mass is 368 g/mol. The van der Waals surface area contributed by atoms with Gasteiger partial charge in [0.1, 0.15) is 12.4 Å². The zero-order valence-electron chi connectivity index (χ0n) is 15.2. The van der Waals surface area contributed by atoms with Crippen molar-refractivity contribution in [2.75, 3.05) is 0 Å². The third kappa shape index (κ3) is 5.33. The van der Waals surface area contributed by atoms with E-state index < -0.39 is 0 Å². The van der Waals surface area contributed by atoms with Crippen LogP contribution in [0.2, 0.25) is 0 Å². The van der Waals surface area contributed by atoms with Crippen LogP contribution in [-0.4, -0.2) is 19.7 Å². The number of thioether (sulfide) groups is 1. The Morgan fingerprint density at radius 3 is 2.58 bits per heavy atom. The van der Waals surface area contributed by atoms with Crippen LogP contribution in [0.5, 0.6) is 5.75 Å². The molecule has 0 saturated carbocycles. The average Bonchev–Trinajstić information content (AvgIpc) is 3.06. The van der Waals surface area contributed by atoms with Crippen LogP contribution in [0.3, 0.4) is 0 Å². The van der Waals surface area contributed by atoms with Crippen LogP contribution < -0.4 is 4.74 Å². The fourth-order valence-corrected chi connectivity index (χ4v) is 3.33. The van der Waals surface area contributed by atoms with Crippen molar-refractivity contribution in [1.82, 2.24) is 19.7 Å². The molecule has 0 saturated heterocycles. The summed E-state index contributed by atoms with van der Waals surface area (Å²) in [6.45, 7) is 5.76. The van der Waals surface area contributed by atoms with Gasteiger partial charge < -0.3 is 9.30 Å².